The number of hydrogen-bond donors (Lipinski definition) is 0. The standard InChI is InChI=1S/C23H22N2O3S2/c1-3-15-7-9-19-21(12-15)29-22-13-17(8-10-20(22)23(19)26)25(2)30(27,28)18-6-4-5-16(11-18)14-24/h4-6,8,10-11,13,15H,3,7,9,12H2,1-2H3. The summed E-state index contributed by atoms with van der Waals surface area (Å²) in [6, 6.07) is 13.1. The van der Waals surface area contributed by atoms with E-state index in [0.29, 0.717) is 22.6 Å². The average molecular weight is 439 g/mol. The SMILES string of the molecule is CCC1CCc2c(sc3cc(N(C)S(=O)(=O)c4cccc(C#N)c4)ccc3c2=O)C1. The minimum absolute atomic E-state index is 0.0635. The van der Waals surface area contributed by atoms with Crippen molar-refractivity contribution in [3.63, 3.8) is 0 Å². The summed E-state index contributed by atoms with van der Waals surface area (Å²) >= 11 is 1.60. The summed E-state index contributed by atoms with van der Waals surface area (Å²) < 4.78 is 28.2. The normalized spacial score (nSPS) is 16.1. The summed E-state index contributed by atoms with van der Waals surface area (Å²) in [4.78, 5) is 14.2. The Bertz CT molecular complexity index is 1340. The molecule has 3 aromatic rings. The van der Waals surface area contributed by atoms with Gasteiger partial charge in [-0.05, 0) is 61.6 Å². The van der Waals surface area contributed by atoms with Gasteiger partial charge in [0.05, 0.1) is 22.2 Å². The highest BCUT2D eigenvalue weighted by molar-refractivity contribution is 7.92. The Kier molecular flexibility index (Phi) is 5.39. The van der Waals surface area contributed by atoms with E-state index in [1.54, 1.807) is 41.7 Å². The van der Waals surface area contributed by atoms with E-state index in [1.165, 1.54) is 23.5 Å². The van der Waals surface area contributed by atoms with Gasteiger partial charge >= 0.3 is 0 Å². The van der Waals surface area contributed by atoms with Crippen molar-refractivity contribution in [1.82, 2.24) is 0 Å². The molecule has 0 amide bonds. The number of nitriles is 1. The molecule has 0 spiro atoms. The third kappa shape index (κ3) is 3.51. The molecule has 1 atom stereocenters. The lowest BCUT2D eigenvalue weighted by molar-refractivity contribution is 0.448. The fourth-order valence-corrected chi connectivity index (χ4v) is 6.55. The third-order valence-electron chi connectivity index (χ3n) is 5.89. The maximum Gasteiger partial charge on any atom is 0.264 e. The summed E-state index contributed by atoms with van der Waals surface area (Å²) in [7, 11) is -2.33. The molecule has 0 aliphatic heterocycles. The first-order valence-corrected chi connectivity index (χ1v) is 12.2. The van der Waals surface area contributed by atoms with Crippen LogP contribution in [0.2, 0.25) is 0 Å². The molecule has 0 radical (unpaired) electrons. The predicted molar refractivity (Wildman–Crippen MR) is 121 cm³/mol. The number of rotatable bonds is 4. The van der Waals surface area contributed by atoms with Crippen LogP contribution >= 0.6 is 11.3 Å². The van der Waals surface area contributed by atoms with E-state index in [0.717, 1.165) is 40.8 Å². The van der Waals surface area contributed by atoms with Crippen LogP contribution in [0, 0.1) is 17.2 Å². The van der Waals surface area contributed by atoms with Gasteiger partial charge in [0.2, 0.25) is 0 Å². The lowest BCUT2D eigenvalue weighted by Crippen LogP contribution is -2.26. The molecular weight excluding hydrogens is 416 g/mol. The fourth-order valence-electron chi connectivity index (χ4n) is 3.96. The van der Waals surface area contributed by atoms with Crippen LogP contribution in [-0.2, 0) is 22.9 Å². The van der Waals surface area contributed by atoms with E-state index < -0.39 is 10.0 Å². The zero-order valence-corrected chi connectivity index (χ0v) is 18.5. The summed E-state index contributed by atoms with van der Waals surface area (Å²) in [5, 5.41) is 9.72. The van der Waals surface area contributed by atoms with E-state index in [9.17, 15) is 13.2 Å². The van der Waals surface area contributed by atoms with Gasteiger partial charge in [0.15, 0.2) is 5.43 Å². The highest BCUT2D eigenvalue weighted by Gasteiger charge is 2.24. The smallest absolute Gasteiger partial charge is 0.264 e. The molecule has 4 rings (SSSR count). The fraction of sp³-hybridized carbons (Fsp3) is 0.304. The number of benzene rings is 2. The van der Waals surface area contributed by atoms with Crippen molar-refractivity contribution in [3.05, 3.63) is 68.7 Å². The molecule has 30 heavy (non-hydrogen) atoms. The van der Waals surface area contributed by atoms with Crippen LogP contribution in [-0.4, -0.2) is 15.5 Å². The number of sulfonamides is 1. The van der Waals surface area contributed by atoms with Gasteiger partial charge in [-0.1, -0.05) is 19.4 Å². The van der Waals surface area contributed by atoms with Gasteiger partial charge in [-0.15, -0.1) is 11.3 Å². The molecule has 0 bridgehead atoms. The summed E-state index contributed by atoms with van der Waals surface area (Å²) in [5.74, 6) is 0.601. The molecule has 0 saturated carbocycles. The molecule has 1 heterocycles. The van der Waals surface area contributed by atoms with Crippen molar-refractivity contribution < 1.29 is 8.42 Å². The van der Waals surface area contributed by atoms with Crippen molar-refractivity contribution in [3.8, 4) is 6.07 Å². The molecule has 2 aromatic carbocycles. The molecule has 5 nitrogen and oxygen atoms in total. The Labute approximate surface area is 180 Å². The van der Waals surface area contributed by atoms with Gasteiger partial charge in [0.1, 0.15) is 0 Å². The first-order chi connectivity index (χ1) is 14.3. The molecule has 0 fully saturated rings. The monoisotopic (exact) mass is 438 g/mol. The van der Waals surface area contributed by atoms with Crippen LogP contribution < -0.4 is 9.73 Å². The molecule has 1 aliphatic carbocycles. The minimum Gasteiger partial charge on any atom is -0.289 e. The number of hydrogen-bond acceptors (Lipinski definition) is 5. The van der Waals surface area contributed by atoms with Crippen LogP contribution in [0.15, 0.2) is 52.2 Å². The third-order valence-corrected chi connectivity index (χ3v) is 8.89. The Morgan fingerprint density at radius 2 is 2.03 bits per heavy atom. The Hall–Kier alpha value is -2.69. The number of nitrogens with zero attached hydrogens (tertiary/aromatic N) is 2. The molecule has 0 saturated heterocycles. The van der Waals surface area contributed by atoms with Gasteiger partial charge in [-0.3, -0.25) is 9.10 Å². The lowest BCUT2D eigenvalue weighted by Gasteiger charge is -2.23. The highest BCUT2D eigenvalue weighted by Crippen LogP contribution is 2.34. The zero-order chi connectivity index (χ0) is 21.5. The average Bonchev–Trinajstić information content (AvgIpc) is 2.77. The quantitative estimate of drug-likeness (QED) is 0.602. The topological polar surface area (TPSA) is 78.2 Å². The van der Waals surface area contributed by atoms with Crippen molar-refractivity contribution in [2.45, 2.75) is 37.5 Å². The molecule has 1 unspecified atom stereocenters. The number of fused-ring (bicyclic) bond motifs is 2. The van der Waals surface area contributed by atoms with E-state index >= 15 is 0 Å². The van der Waals surface area contributed by atoms with E-state index in [2.05, 4.69) is 6.92 Å². The molecule has 0 N–H and O–H groups in total. The van der Waals surface area contributed by atoms with Crippen LogP contribution in [0.5, 0.6) is 0 Å². The first kappa shape index (κ1) is 20.6. The van der Waals surface area contributed by atoms with Crippen molar-refractivity contribution in [2.24, 2.45) is 5.92 Å². The highest BCUT2D eigenvalue weighted by atomic mass is 32.2. The second-order valence-electron chi connectivity index (χ2n) is 7.64. The zero-order valence-electron chi connectivity index (χ0n) is 16.9. The number of anilines is 1. The maximum atomic E-state index is 13.1. The summed E-state index contributed by atoms with van der Waals surface area (Å²) in [5.41, 5.74) is 1.79. The molecular formula is C23H22N2O3S2. The lowest BCUT2D eigenvalue weighted by atomic mass is 9.87. The van der Waals surface area contributed by atoms with E-state index in [4.69, 9.17) is 5.26 Å². The first-order valence-electron chi connectivity index (χ1n) is 9.93. The van der Waals surface area contributed by atoms with Crippen LogP contribution in [0.4, 0.5) is 5.69 Å². The summed E-state index contributed by atoms with van der Waals surface area (Å²) in [6.45, 7) is 2.18. The minimum atomic E-state index is -3.82. The van der Waals surface area contributed by atoms with Crippen LogP contribution in [0.3, 0.4) is 0 Å². The van der Waals surface area contributed by atoms with Crippen molar-refractivity contribution in [1.29, 1.82) is 5.26 Å². The second kappa shape index (κ2) is 7.86. The van der Waals surface area contributed by atoms with Crippen molar-refractivity contribution in [2.75, 3.05) is 11.4 Å². The Morgan fingerprint density at radius 3 is 2.77 bits per heavy atom. The Morgan fingerprint density at radius 1 is 1.23 bits per heavy atom. The van der Waals surface area contributed by atoms with Crippen LogP contribution in [0.25, 0.3) is 10.1 Å². The van der Waals surface area contributed by atoms with Gasteiger partial charge in [-0.2, -0.15) is 5.26 Å². The van der Waals surface area contributed by atoms with E-state index in [-0.39, 0.29) is 10.3 Å². The second-order valence-corrected chi connectivity index (χ2v) is 10.7. The van der Waals surface area contributed by atoms with E-state index in [1.807, 2.05) is 6.07 Å². The Balaban J connectivity index is 1.78. The summed E-state index contributed by atoms with van der Waals surface area (Å²) in [6.07, 6.45) is 3.89. The molecule has 7 heteroatoms. The maximum absolute atomic E-state index is 13.1. The van der Waals surface area contributed by atoms with Gasteiger partial charge in [0, 0.05) is 27.6 Å². The van der Waals surface area contributed by atoms with Gasteiger partial charge in [0.25, 0.3) is 10.0 Å². The van der Waals surface area contributed by atoms with Crippen LogP contribution in [0.1, 0.15) is 35.8 Å². The van der Waals surface area contributed by atoms with Crippen molar-refractivity contribution >= 4 is 37.1 Å². The predicted octanol–water partition coefficient (Wildman–Crippen LogP) is 4.47. The largest absolute Gasteiger partial charge is 0.289 e. The molecule has 1 aliphatic rings. The van der Waals surface area contributed by atoms with Gasteiger partial charge < -0.3 is 0 Å². The van der Waals surface area contributed by atoms with Gasteiger partial charge in [-0.25, -0.2) is 8.42 Å². The molecule has 1 aromatic heterocycles. The molecule has 154 valence electrons.